The van der Waals surface area contributed by atoms with Crippen molar-refractivity contribution in [3.8, 4) is 5.75 Å². The number of para-hydroxylation sites is 1. The van der Waals surface area contributed by atoms with E-state index in [-0.39, 0.29) is 11.9 Å². The lowest BCUT2D eigenvalue weighted by atomic mass is 10.1. The van der Waals surface area contributed by atoms with Crippen molar-refractivity contribution in [3.05, 3.63) is 29.8 Å². The first-order valence-corrected chi connectivity index (χ1v) is 6.60. The predicted molar refractivity (Wildman–Crippen MR) is 73.9 cm³/mol. The number of carbonyl (C=O) groups excluding carboxylic acids is 1. The number of benzene rings is 1. The number of primary amides is 1. The van der Waals surface area contributed by atoms with Crippen LogP contribution in [0, 0.1) is 0 Å². The van der Waals surface area contributed by atoms with E-state index in [1.54, 1.807) is 7.05 Å². The second-order valence-corrected chi connectivity index (χ2v) is 4.76. The molecular weight excluding hydrogens is 242 g/mol. The fourth-order valence-corrected chi connectivity index (χ4v) is 2.31. The van der Waals surface area contributed by atoms with Gasteiger partial charge in [-0.05, 0) is 19.5 Å². The van der Waals surface area contributed by atoms with Gasteiger partial charge in [-0.2, -0.15) is 0 Å². The standard InChI is InChI=1S/C14H21N3O2/c1-16-12(14(15)18)6-7-17-8-9-19-13-5-3-2-4-11(13)10-17/h2-5,12,16H,6-10H2,1H3,(H2,15,18). The second-order valence-electron chi connectivity index (χ2n) is 4.76. The molecule has 5 nitrogen and oxygen atoms in total. The van der Waals surface area contributed by atoms with E-state index in [1.165, 1.54) is 5.56 Å². The van der Waals surface area contributed by atoms with Crippen LogP contribution < -0.4 is 15.8 Å². The molecule has 0 aliphatic carbocycles. The van der Waals surface area contributed by atoms with E-state index in [0.29, 0.717) is 13.0 Å². The zero-order valence-electron chi connectivity index (χ0n) is 11.3. The quantitative estimate of drug-likeness (QED) is 0.804. The first-order valence-electron chi connectivity index (χ1n) is 6.60. The normalized spacial score (nSPS) is 17.1. The van der Waals surface area contributed by atoms with E-state index < -0.39 is 0 Å². The number of fused-ring (bicyclic) bond motifs is 1. The van der Waals surface area contributed by atoms with Crippen molar-refractivity contribution < 1.29 is 9.53 Å². The van der Waals surface area contributed by atoms with Gasteiger partial charge in [0.1, 0.15) is 12.4 Å². The molecule has 1 atom stereocenters. The number of nitrogens with one attached hydrogen (secondary N) is 1. The zero-order chi connectivity index (χ0) is 13.7. The highest BCUT2D eigenvalue weighted by molar-refractivity contribution is 5.79. The SMILES string of the molecule is CNC(CCN1CCOc2ccccc2C1)C(N)=O. The maximum atomic E-state index is 11.2. The van der Waals surface area contributed by atoms with Crippen molar-refractivity contribution in [1.29, 1.82) is 0 Å². The summed E-state index contributed by atoms with van der Waals surface area (Å²) in [6.45, 7) is 3.22. The molecule has 0 bridgehead atoms. The Labute approximate surface area is 113 Å². The van der Waals surface area contributed by atoms with E-state index in [0.717, 1.165) is 25.4 Å². The van der Waals surface area contributed by atoms with E-state index in [9.17, 15) is 4.79 Å². The van der Waals surface area contributed by atoms with E-state index >= 15 is 0 Å². The predicted octanol–water partition coefficient (Wildman–Crippen LogP) is 0.344. The van der Waals surface area contributed by atoms with Gasteiger partial charge in [-0.1, -0.05) is 18.2 Å². The van der Waals surface area contributed by atoms with Crippen molar-refractivity contribution in [2.24, 2.45) is 5.73 Å². The molecule has 0 saturated heterocycles. The topological polar surface area (TPSA) is 67.6 Å². The summed E-state index contributed by atoms with van der Waals surface area (Å²) in [7, 11) is 1.76. The zero-order valence-corrected chi connectivity index (χ0v) is 11.3. The average molecular weight is 263 g/mol. The highest BCUT2D eigenvalue weighted by atomic mass is 16.5. The maximum Gasteiger partial charge on any atom is 0.234 e. The van der Waals surface area contributed by atoms with E-state index in [1.807, 2.05) is 18.2 Å². The molecule has 3 N–H and O–H groups in total. The smallest absolute Gasteiger partial charge is 0.234 e. The van der Waals surface area contributed by atoms with Crippen molar-refractivity contribution >= 4 is 5.91 Å². The number of rotatable bonds is 5. The largest absolute Gasteiger partial charge is 0.492 e. The van der Waals surface area contributed by atoms with Crippen LogP contribution in [0.4, 0.5) is 0 Å². The Morgan fingerprint density at radius 2 is 2.32 bits per heavy atom. The average Bonchev–Trinajstić information content (AvgIpc) is 2.60. The van der Waals surface area contributed by atoms with Crippen LogP contribution in [0.25, 0.3) is 0 Å². The van der Waals surface area contributed by atoms with Crippen LogP contribution in [0.2, 0.25) is 0 Å². The Bertz CT molecular complexity index is 436. The van der Waals surface area contributed by atoms with Gasteiger partial charge in [-0.25, -0.2) is 0 Å². The summed E-state index contributed by atoms with van der Waals surface area (Å²) in [5, 5.41) is 2.94. The highest BCUT2D eigenvalue weighted by Gasteiger charge is 2.18. The van der Waals surface area contributed by atoms with Gasteiger partial charge in [0.05, 0.1) is 6.04 Å². The third-order valence-electron chi connectivity index (χ3n) is 3.46. The van der Waals surface area contributed by atoms with Crippen molar-refractivity contribution in [1.82, 2.24) is 10.2 Å². The number of amides is 1. The highest BCUT2D eigenvalue weighted by Crippen LogP contribution is 2.22. The lowest BCUT2D eigenvalue weighted by Gasteiger charge is -2.21. The molecule has 1 amide bonds. The Morgan fingerprint density at radius 3 is 3.05 bits per heavy atom. The molecule has 0 fully saturated rings. The molecule has 1 aliphatic heterocycles. The molecule has 0 spiro atoms. The van der Waals surface area contributed by atoms with E-state index in [2.05, 4.69) is 16.3 Å². The Balaban J connectivity index is 1.94. The fraction of sp³-hybridized carbons (Fsp3) is 0.500. The molecule has 19 heavy (non-hydrogen) atoms. The van der Waals surface area contributed by atoms with Gasteiger partial charge in [0.25, 0.3) is 0 Å². The summed E-state index contributed by atoms with van der Waals surface area (Å²) >= 11 is 0. The first kappa shape index (κ1) is 13.8. The molecule has 2 rings (SSSR count). The molecule has 5 heteroatoms. The number of carbonyl (C=O) groups is 1. The van der Waals surface area contributed by atoms with Crippen LogP contribution in [0.3, 0.4) is 0 Å². The summed E-state index contributed by atoms with van der Waals surface area (Å²) in [5.41, 5.74) is 6.52. The Morgan fingerprint density at radius 1 is 1.53 bits per heavy atom. The van der Waals surface area contributed by atoms with Crippen molar-refractivity contribution in [3.63, 3.8) is 0 Å². The minimum atomic E-state index is -0.297. The van der Waals surface area contributed by atoms with E-state index in [4.69, 9.17) is 10.5 Å². The molecule has 1 unspecified atom stereocenters. The van der Waals surface area contributed by atoms with Gasteiger partial charge < -0.3 is 15.8 Å². The number of nitrogens with zero attached hydrogens (tertiary/aromatic N) is 1. The molecule has 1 aromatic rings. The van der Waals surface area contributed by atoms with Crippen LogP contribution >= 0.6 is 0 Å². The van der Waals surface area contributed by atoms with Gasteiger partial charge in [-0.15, -0.1) is 0 Å². The van der Waals surface area contributed by atoms with Crippen LogP contribution in [0.15, 0.2) is 24.3 Å². The van der Waals surface area contributed by atoms with Crippen LogP contribution in [-0.4, -0.2) is 43.6 Å². The fourth-order valence-electron chi connectivity index (χ4n) is 2.31. The summed E-state index contributed by atoms with van der Waals surface area (Å²) in [6.07, 6.45) is 0.716. The monoisotopic (exact) mass is 263 g/mol. The second kappa shape index (κ2) is 6.54. The van der Waals surface area contributed by atoms with Gasteiger partial charge in [0, 0.05) is 25.2 Å². The summed E-state index contributed by atoms with van der Waals surface area (Å²) in [4.78, 5) is 13.5. The lowest BCUT2D eigenvalue weighted by Crippen LogP contribution is -2.42. The number of likely N-dealkylation sites (N-methyl/N-ethyl adjacent to an activating group) is 1. The van der Waals surface area contributed by atoms with Gasteiger partial charge in [0.2, 0.25) is 5.91 Å². The maximum absolute atomic E-state index is 11.2. The Kier molecular flexibility index (Phi) is 4.76. The summed E-state index contributed by atoms with van der Waals surface area (Å²) < 4.78 is 5.71. The molecule has 1 aliphatic rings. The third kappa shape index (κ3) is 3.68. The number of hydrogen-bond acceptors (Lipinski definition) is 4. The molecule has 104 valence electrons. The number of ether oxygens (including phenoxy) is 1. The van der Waals surface area contributed by atoms with Crippen molar-refractivity contribution in [2.75, 3.05) is 26.7 Å². The molecule has 1 aromatic carbocycles. The van der Waals surface area contributed by atoms with Gasteiger partial charge >= 0.3 is 0 Å². The van der Waals surface area contributed by atoms with Crippen LogP contribution in [0.5, 0.6) is 5.75 Å². The third-order valence-corrected chi connectivity index (χ3v) is 3.46. The Hall–Kier alpha value is -1.59. The van der Waals surface area contributed by atoms with Crippen molar-refractivity contribution in [2.45, 2.75) is 19.0 Å². The molecular formula is C14H21N3O2. The number of nitrogens with two attached hydrogens (primary N) is 1. The number of hydrogen-bond donors (Lipinski definition) is 2. The van der Waals surface area contributed by atoms with Gasteiger partial charge in [-0.3, -0.25) is 9.69 Å². The van der Waals surface area contributed by atoms with Crippen LogP contribution in [0.1, 0.15) is 12.0 Å². The lowest BCUT2D eigenvalue weighted by molar-refractivity contribution is -0.120. The molecule has 0 saturated carbocycles. The minimum absolute atomic E-state index is 0.264. The summed E-state index contributed by atoms with van der Waals surface area (Å²) in [6, 6.07) is 7.82. The van der Waals surface area contributed by atoms with Crippen LogP contribution in [-0.2, 0) is 11.3 Å². The molecule has 0 aromatic heterocycles. The minimum Gasteiger partial charge on any atom is -0.492 e. The molecule has 0 radical (unpaired) electrons. The molecule has 1 heterocycles. The van der Waals surface area contributed by atoms with Gasteiger partial charge in [0.15, 0.2) is 0 Å². The summed E-state index contributed by atoms with van der Waals surface area (Å²) in [5.74, 6) is 0.666. The first-order chi connectivity index (χ1) is 9.20.